The van der Waals surface area contributed by atoms with E-state index >= 15 is 0 Å². The number of fused-ring (bicyclic) bond motifs is 2. The van der Waals surface area contributed by atoms with Gasteiger partial charge < -0.3 is 10.2 Å². The van der Waals surface area contributed by atoms with Crippen LogP contribution in [0.1, 0.15) is 74.3 Å². The number of carbonyl (C=O) groups is 1. The molecule has 162 valence electrons. The van der Waals surface area contributed by atoms with Crippen molar-refractivity contribution in [2.45, 2.75) is 90.6 Å². The van der Waals surface area contributed by atoms with Crippen LogP contribution < -0.4 is 5.32 Å². The molecule has 0 aromatic heterocycles. The molecule has 3 unspecified atom stereocenters. The van der Waals surface area contributed by atoms with Crippen LogP contribution in [0, 0.1) is 23.2 Å². The molecule has 0 spiro atoms. The summed E-state index contributed by atoms with van der Waals surface area (Å²) in [5.74, 6) is 1.60. The summed E-state index contributed by atoms with van der Waals surface area (Å²) in [6.45, 7) is 8.04. The number of nitrogens with one attached hydrogen (secondary N) is 1. The lowest BCUT2D eigenvalue weighted by Gasteiger charge is -2.32. The first-order chi connectivity index (χ1) is 14.5. The Balaban J connectivity index is 1.49. The van der Waals surface area contributed by atoms with Gasteiger partial charge in [0.1, 0.15) is 6.04 Å². The summed E-state index contributed by atoms with van der Waals surface area (Å²) in [6, 6.07) is 4.83. The fourth-order valence-corrected chi connectivity index (χ4v) is 5.80. The van der Waals surface area contributed by atoms with Crippen LogP contribution in [0.25, 0.3) is 0 Å². The molecule has 1 heterocycles. The lowest BCUT2D eigenvalue weighted by Crippen LogP contribution is -2.43. The summed E-state index contributed by atoms with van der Waals surface area (Å²) in [7, 11) is 0. The largest absolute Gasteiger partial charge is 0.326 e. The van der Waals surface area contributed by atoms with Gasteiger partial charge in [0, 0.05) is 12.6 Å². The van der Waals surface area contributed by atoms with E-state index in [-0.39, 0.29) is 18.0 Å². The van der Waals surface area contributed by atoms with E-state index in [4.69, 9.17) is 0 Å². The van der Waals surface area contributed by atoms with E-state index in [2.05, 4.69) is 38.2 Å². The van der Waals surface area contributed by atoms with E-state index in [1.807, 2.05) is 0 Å². The van der Waals surface area contributed by atoms with Crippen molar-refractivity contribution in [3.8, 4) is 6.07 Å². The van der Waals surface area contributed by atoms with Crippen LogP contribution in [0.3, 0.4) is 0 Å². The van der Waals surface area contributed by atoms with Gasteiger partial charge in [-0.05, 0) is 104 Å². The molecule has 3 aliphatic rings. The van der Waals surface area contributed by atoms with Crippen LogP contribution in [0.2, 0.25) is 0 Å². The third kappa shape index (κ3) is 4.42. The average molecular weight is 408 g/mol. The van der Waals surface area contributed by atoms with Gasteiger partial charge in [-0.25, -0.2) is 0 Å². The van der Waals surface area contributed by atoms with Gasteiger partial charge in [0.15, 0.2) is 0 Å². The van der Waals surface area contributed by atoms with Gasteiger partial charge in [0.25, 0.3) is 0 Å². The van der Waals surface area contributed by atoms with Gasteiger partial charge >= 0.3 is 0 Å². The maximum atomic E-state index is 12.6. The predicted octanol–water partition coefficient (Wildman–Crippen LogP) is 3.97. The molecule has 0 saturated carbocycles. The standard InChI is InChI=1S/C26H37N3O/c1-17-6-8-20-14-21-9-7-18(2)12-24(21)25(23(20)11-17)13-19(3)28-16-26(30)29-10-4-5-22(29)15-27/h14,17-19,22,28H,4-13,16H2,1-3H3/t17?,18?,19?,22-/m0/s1. The van der Waals surface area contributed by atoms with E-state index < -0.39 is 0 Å². The highest BCUT2D eigenvalue weighted by Crippen LogP contribution is 2.37. The minimum absolute atomic E-state index is 0.0743. The Kier molecular flexibility index (Phi) is 6.48. The molecule has 0 radical (unpaired) electrons. The summed E-state index contributed by atoms with van der Waals surface area (Å²) in [5, 5.41) is 12.7. The first kappa shape index (κ1) is 21.4. The number of benzene rings is 1. The molecule has 1 saturated heterocycles. The van der Waals surface area contributed by atoms with Crippen molar-refractivity contribution in [1.82, 2.24) is 10.2 Å². The third-order valence-corrected chi connectivity index (χ3v) is 7.60. The quantitative estimate of drug-likeness (QED) is 0.803. The van der Waals surface area contributed by atoms with Crippen LogP contribution >= 0.6 is 0 Å². The number of aryl methyl sites for hydroxylation is 2. The van der Waals surface area contributed by atoms with Gasteiger partial charge in [-0.2, -0.15) is 5.26 Å². The van der Waals surface area contributed by atoms with Gasteiger partial charge in [0.05, 0.1) is 12.6 Å². The molecule has 1 N–H and O–H groups in total. The topological polar surface area (TPSA) is 56.1 Å². The second-order valence-corrected chi connectivity index (χ2v) is 10.2. The Labute approximate surface area is 182 Å². The summed E-state index contributed by atoms with van der Waals surface area (Å²) in [6.07, 6.45) is 10.2. The summed E-state index contributed by atoms with van der Waals surface area (Å²) < 4.78 is 0. The van der Waals surface area contributed by atoms with Gasteiger partial charge in [-0.15, -0.1) is 0 Å². The number of carbonyl (C=O) groups excluding carboxylic acids is 1. The van der Waals surface area contributed by atoms with E-state index in [0.29, 0.717) is 6.54 Å². The lowest BCUT2D eigenvalue weighted by atomic mass is 9.73. The molecule has 4 atom stereocenters. The molecule has 0 bridgehead atoms. The summed E-state index contributed by atoms with van der Waals surface area (Å²) in [5.41, 5.74) is 8.00. The molecule has 2 aliphatic carbocycles. The maximum Gasteiger partial charge on any atom is 0.237 e. The smallest absolute Gasteiger partial charge is 0.237 e. The Bertz CT molecular complexity index is 801. The minimum Gasteiger partial charge on any atom is -0.326 e. The first-order valence-electron chi connectivity index (χ1n) is 12.0. The molecular formula is C26H37N3O. The van der Waals surface area contributed by atoms with Crippen molar-refractivity contribution in [3.05, 3.63) is 33.9 Å². The number of nitriles is 1. The molecule has 1 aliphatic heterocycles. The SMILES string of the molecule is CC1CCc2cc3c(c(CC(C)NCC(=O)N4CCC[C@H]4C#N)c2C1)CC(C)CC3. The molecule has 4 nitrogen and oxygen atoms in total. The highest BCUT2D eigenvalue weighted by atomic mass is 16.2. The summed E-state index contributed by atoms with van der Waals surface area (Å²) >= 11 is 0. The van der Waals surface area contributed by atoms with Crippen LogP contribution in [0.5, 0.6) is 0 Å². The zero-order chi connectivity index (χ0) is 21.3. The Morgan fingerprint density at radius 2 is 1.80 bits per heavy atom. The third-order valence-electron chi connectivity index (χ3n) is 7.60. The molecule has 30 heavy (non-hydrogen) atoms. The molecule has 4 rings (SSSR count). The number of rotatable bonds is 5. The number of hydrogen-bond donors (Lipinski definition) is 1. The van der Waals surface area contributed by atoms with Crippen molar-refractivity contribution >= 4 is 5.91 Å². The zero-order valence-electron chi connectivity index (χ0n) is 19.0. The molecule has 1 fully saturated rings. The fourth-order valence-electron chi connectivity index (χ4n) is 5.80. The number of hydrogen-bond acceptors (Lipinski definition) is 3. The van der Waals surface area contributed by atoms with Crippen LogP contribution in [0.15, 0.2) is 6.07 Å². The second-order valence-electron chi connectivity index (χ2n) is 10.2. The number of amides is 1. The van der Waals surface area contributed by atoms with Crippen LogP contribution in [-0.4, -0.2) is 36.0 Å². The zero-order valence-corrected chi connectivity index (χ0v) is 19.0. The van der Waals surface area contributed by atoms with Crippen molar-refractivity contribution in [1.29, 1.82) is 5.26 Å². The Morgan fingerprint density at radius 1 is 1.17 bits per heavy atom. The van der Waals surface area contributed by atoms with Crippen LogP contribution in [-0.2, 0) is 36.9 Å². The van der Waals surface area contributed by atoms with Crippen molar-refractivity contribution in [2.24, 2.45) is 11.8 Å². The van der Waals surface area contributed by atoms with Gasteiger partial charge in [0.2, 0.25) is 5.91 Å². The summed E-state index contributed by atoms with van der Waals surface area (Å²) in [4.78, 5) is 14.4. The molecule has 1 amide bonds. The van der Waals surface area contributed by atoms with Crippen molar-refractivity contribution in [2.75, 3.05) is 13.1 Å². The Hall–Kier alpha value is -1.86. The highest BCUT2D eigenvalue weighted by Gasteiger charge is 2.29. The molecule has 4 heteroatoms. The molecule has 1 aromatic carbocycles. The van der Waals surface area contributed by atoms with Gasteiger partial charge in [-0.3, -0.25) is 4.79 Å². The second kappa shape index (κ2) is 9.10. The number of likely N-dealkylation sites (tertiary alicyclic amines) is 1. The maximum absolute atomic E-state index is 12.6. The fraction of sp³-hybridized carbons (Fsp3) is 0.692. The van der Waals surface area contributed by atoms with Crippen molar-refractivity contribution < 1.29 is 4.79 Å². The lowest BCUT2D eigenvalue weighted by molar-refractivity contribution is -0.130. The van der Waals surface area contributed by atoms with E-state index in [1.165, 1.54) is 38.5 Å². The van der Waals surface area contributed by atoms with E-state index in [1.54, 1.807) is 32.7 Å². The van der Waals surface area contributed by atoms with Gasteiger partial charge in [-0.1, -0.05) is 19.9 Å². The van der Waals surface area contributed by atoms with E-state index in [9.17, 15) is 10.1 Å². The molecule has 1 aromatic rings. The van der Waals surface area contributed by atoms with E-state index in [0.717, 1.165) is 37.6 Å². The normalized spacial score (nSPS) is 26.6. The predicted molar refractivity (Wildman–Crippen MR) is 120 cm³/mol. The Morgan fingerprint density at radius 3 is 2.40 bits per heavy atom. The van der Waals surface area contributed by atoms with Crippen LogP contribution in [0.4, 0.5) is 0 Å². The molecular weight excluding hydrogens is 370 g/mol. The highest BCUT2D eigenvalue weighted by molar-refractivity contribution is 5.79. The number of nitrogens with zero attached hydrogens (tertiary/aromatic N) is 2. The minimum atomic E-state index is -0.231. The average Bonchev–Trinajstić information content (AvgIpc) is 3.21. The van der Waals surface area contributed by atoms with Crippen molar-refractivity contribution in [3.63, 3.8) is 0 Å². The first-order valence-corrected chi connectivity index (χ1v) is 12.0. The monoisotopic (exact) mass is 407 g/mol.